The van der Waals surface area contributed by atoms with Crippen molar-refractivity contribution in [2.45, 2.75) is 16.2 Å². The number of para-hydroxylation sites is 4. The number of rotatable bonds is 3. The fraction of sp³-hybridized carbons (Fsp3) is 0.0526. The third kappa shape index (κ3) is 6.34. The lowest BCUT2D eigenvalue weighted by Gasteiger charge is -2.44. The Morgan fingerprint density at radius 3 is 0.928 bits per heavy atom. The Morgan fingerprint density at radius 1 is 0.196 bits per heavy atom. The summed E-state index contributed by atoms with van der Waals surface area (Å²) in [6, 6.07) is 126. The lowest BCUT2D eigenvalue weighted by molar-refractivity contribution is 0.749. The van der Waals surface area contributed by atoms with E-state index in [0.717, 1.165) is 0 Å². The number of fused-ring (bicyclic) bond motifs is 32. The third-order valence-electron chi connectivity index (χ3n) is 23.7. The largest absolute Gasteiger partial charge is 0.344 e. The van der Waals surface area contributed by atoms with Crippen molar-refractivity contribution in [3.05, 3.63) is 394 Å². The highest BCUT2D eigenvalue weighted by atomic mass is 15.1. The van der Waals surface area contributed by atoms with Crippen molar-refractivity contribution in [3.8, 4) is 77.9 Å². The van der Waals surface area contributed by atoms with Gasteiger partial charge in [-0.3, -0.25) is 0 Å². The van der Waals surface area contributed by atoms with Crippen molar-refractivity contribution < 1.29 is 0 Å². The number of benzene rings is 16. The molecule has 0 atom stereocenters. The first-order chi connectivity index (χ1) is 48.0. The summed E-state index contributed by atoms with van der Waals surface area (Å²) in [4.78, 5) is 5.01. The van der Waals surface area contributed by atoms with Gasteiger partial charge < -0.3 is 9.80 Å². The van der Waals surface area contributed by atoms with Crippen molar-refractivity contribution in [3.63, 3.8) is 0 Å². The van der Waals surface area contributed by atoms with Gasteiger partial charge in [-0.2, -0.15) is 0 Å². The SMILES string of the molecule is CN1c2ccccc2C2(c3ccccc3-c3ccccc32)c2cccc(-c3cccc4c(-c5cc6ccccc6c6c5C5(c7ccccc7-c7ccccc75)c5ccccc5-6)c5cccc(-c6cccc7c6N(C)c6ccccc6C76c7ccccc7-c7ccccc76)c5cc34)c21. The van der Waals surface area contributed by atoms with E-state index in [1.807, 2.05) is 0 Å². The predicted octanol–water partition coefficient (Wildman–Crippen LogP) is 23.4. The molecule has 2 aliphatic heterocycles. The van der Waals surface area contributed by atoms with Crippen molar-refractivity contribution in [2.24, 2.45) is 0 Å². The molecule has 6 aliphatic rings. The molecule has 450 valence electrons. The van der Waals surface area contributed by atoms with Crippen LogP contribution in [0.3, 0.4) is 0 Å². The number of hydrogen-bond acceptors (Lipinski definition) is 2. The fourth-order valence-corrected chi connectivity index (χ4v) is 20.3. The maximum atomic E-state index is 2.60. The molecule has 2 nitrogen and oxygen atoms in total. The Bertz CT molecular complexity index is 5820. The van der Waals surface area contributed by atoms with Crippen LogP contribution in [0.15, 0.2) is 328 Å². The summed E-state index contributed by atoms with van der Waals surface area (Å²) >= 11 is 0. The second-order valence-corrected chi connectivity index (χ2v) is 27.6. The van der Waals surface area contributed by atoms with Crippen LogP contribution in [0.1, 0.15) is 66.8 Å². The summed E-state index contributed by atoms with van der Waals surface area (Å²) in [6.45, 7) is 0. The quantitative estimate of drug-likeness (QED) is 0.163. The first kappa shape index (κ1) is 53.3. The zero-order valence-corrected chi connectivity index (χ0v) is 53.6. The van der Waals surface area contributed by atoms with Gasteiger partial charge in [0.15, 0.2) is 0 Å². The Kier molecular flexibility index (Phi) is 10.5. The highest BCUT2D eigenvalue weighted by molar-refractivity contribution is 6.23. The second-order valence-electron chi connectivity index (χ2n) is 27.6. The van der Waals surface area contributed by atoms with Crippen LogP contribution >= 0.6 is 0 Å². The minimum atomic E-state index is -0.643. The third-order valence-corrected chi connectivity index (χ3v) is 23.7. The van der Waals surface area contributed by atoms with Crippen LogP contribution in [0.4, 0.5) is 22.7 Å². The summed E-state index contributed by atoms with van der Waals surface area (Å²) in [7, 11) is 4.61. The van der Waals surface area contributed by atoms with E-state index in [2.05, 4.69) is 351 Å². The molecule has 0 fully saturated rings. The molecule has 3 spiro atoms. The van der Waals surface area contributed by atoms with Crippen LogP contribution in [-0.4, -0.2) is 14.1 Å². The van der Waals surface area contributed by atoms with Gasteiger partial charge in [-0.1, -0.05) is 303 Å². The van der Waals surface area contributed by atoms with Gasteiger partial charge in [0.05, 0.1) is 27.6 Å². The summed E-state index contributed by atoms with van der Waals surface area (Å²) < 4.78 is 0. The summed E-state index contributed by atoms with van der Waals surface area (Å²) in [5.74, 6) is 0. The molecular weight excluding hydrogens is 1170 g/mol. The number of anilines is 4. The van der Waals surface area contributed by atoms with E-state index in [0.29, 0.717) is 0 Å². The molecule has 0 amide bonds. The number of hydrogen-bond donors (Lipinski definition) is 0. The zero-order chi connectivity index (χ0) is 63.6. The van der Waals surface area contributed by atoms with E-state index in [-0.39, 0.29) is 0 Å². The van der Waals surface area contributed by atoms with E-state index in [9.17, 15) is 0 Å². The molecule has 2 heteroatoms. The van der Waals surface area contributed by atoms with Gasteiger partial charge in [-0.15, -0.1) is 0 Å². The number of nitrogens with zero attached hydrogens (tertiary/aromatic N) is 2. The minimum absolute atomic E-state index is 0.575. The van der Waals surface area contributed by atoms with Gasteiger partial charge in [0.1, 0.15) is 0 Å². The molecule has 0 unspecified atom stereocenters. The van der Waals surface area contributed by atoms with Crippen molar-refractivity contribution in [1.82, 2.24) is 0 Å². The van der Waals surface area contributed by atoms with Gasteiger partial charge >= 0.3 is 0 Å². The van der Waals surface area contributed by atoms with E-state index in [1.54, 1.807) is 0 Å². The molecule has 2 heterocycles. The molecule has 22 rings (SSSR count). The standard InChI is InChI=1S/C95H60N2/c1-96-86-53-21-19-49-82(86)93(75-42-12-5-29-61(75)62-30-6-13-43-76(62)93)84-51-25-40-69(91(84)96)59-36-23-38-67-72(59)56-73-60(70-41-26-52-85-92(70)97(2)87-54-22-20-50-83(87)94(85)77-44-14-7-31-63(77)64-32-8-15-45-78(64)94)37-24-39-68(73)88(67)74-55-57-27-3-4-28-58(57)89-71-35-11-18-48-81(71)95(90(74)89)79-46-16-9-33-65(79)66-34-10-17-47-80(66)95/h3-56H,1-2H3. The normalized spacial score (nSPS) is 14.9. The molecule has 0 N–H and O–H groups in total. The average Bonchev–Trinajstić information content (AvgIpc) is 1.54. The molecule has 97 heavy (non-hydrogen) atoms. The van der Waals surface area contributed by atoms with Crippen molar-refractivity contribution in [2.75, 3.05) is 23.9 Å². The molecule has 0 bridgehead atoms. The van der Waals surface area contributed by atoms with E-state index in [4.69, 9.17) is 0 Å². The smallest absolute Gasteiger partial charge is 0.0754 e. The predicted molar refractivity (Wildman–Crippen MR) is 402 cm³/mol. The van der Waals surface area contributed by atoms with Crippen molar-refractivity contribution >= 4 is 55.1 Å². The monoisotopic (exact) mass is 1230 g/mol. The molecule has 16 aromatic carbocycles. The highest BCUT2D eigenvalue weighted by Gasteiger charge is 2.56. The summed E-state index contributed by atoms with van der Waals surface area (Å²) in [6.07, 6.45) is 0. The van der Waals surface area contributed by atoms with Gasteiger partial charge in [0.2, 0.25) is 0 Å². The van der Waals surface area contributed by atoms with E-state index in [1.165, 1.54) is 200 Å². The van der Waals surface area contributed by atoms with E-state index >= 15 is 0 Å². The van der Waals surface area contributed by atoms with Gasteiger partial charge in [0, 0.05) is 36.6 Å². The van der Waals surface area contributed by atoms with Crippen LogP contribution in [0.2, 0.25) is 0 Å². The second kappa shape index (κ2) is 19.1. The summed E-state index contributed by atoms with van der Waals surface area (Å²) in [5, 5.41) is 7.33. The fourth-order valence-electron chi connectivity index (χ4n) is 20.3. The maximum absolute atomic E-state index is 2.60. The van der Waals surface area contributed by atoms with Crippen LogP contribution in [0, 0.1) is 0 Å². The van der Waals surface area contributed by atoms with Gasteiger partial charge in [-0.25, -0.2) is 0 Å². The minimum Gasteiger partial charge on any atom is -0.344 e. The average molecular weight is 1230 g/mol. The molecule has 0 radical (unpaired) electrons. The topological polar surface area (TPSA) is 6.48 Å². The van der Waals surface area contributed by atoms with Crippen LogP contribution < -0.4 is 9.80 Å². The van der Waals surface area contributed by atoms with E-state index < -0.39 is 16.2 Å². The molecule has 0 aromatic heterocycles. The van der Waals surface area contributed by atoms with Crippen molar-refractivity contribution in [1.29, 1.82) is 0 Å². The van der Waals surface area contributed by atoms with Gasteiger partial charge in [-0.05, 0) is 190 Å². The molecule has 0 saturated carbocycles. The Morgan fingerprint density at radius 2 is 0.495 bits per heavy atom. The van der Waals surface area contributed by atoms with Crippen LogP contribution in [0.25, 0.3) is 110 Å². The van der Waals surface area contributed by atoms with Gasteiger partial charge in [0.25, 0.3) is 0 Å². The molecule has 16 aromatic rings. The molecule has 0 saturated heterocycles. The first-order valence-electron chi connectivity index (χ1n) is 34.2. The van der Waals surface area contributed by atoms with Crippen LogP contribution in [0.5, 0.6) is 0 Å². The van der Waals surface area contributed by atoms with Crippen LogP contribution in [-0.2, 0) is 16.2 Å². The highest BCUT2D eigenvalue weighted by Crippen LogP contribution is 2.69. The Labute approximate surface area is 563 Å². The first-order valence-corrected chi connectivity index (χ1v) is 34.2. The Balaban J connectivity index is 0.900. The molecular formula is C95H60N2. The lowest BCUT2D eigenvalue weighted by Crippen LogP contribution is -2.36. The molecule has 4 aliphatic carbocycles. The Hall–Kier alpha value is -12.1. The lowest BCUT2D eigenvalue weighted by atomic mass is 9.64. The summed E-state index contributed by atoms with van der Waals surface area (Å²) in [5.41, 5.74) is 36.5. The maximum Gasteiger partial charge on any atom is 0.0754 e. The zero-order valence-electron chi connectivity index (χ0n) is 53.6.